The second kappa shape index (κ2) is 6.94. The van der Waals surface area contributed by atoms with Gasteiger partial charge in [-0.2, -0.15) is 9.97 Å². The summed E-state index contributed by atoms with van der Waals surface area (Å²) in [5.74, 6) is 0.474. The zero-order valence-electron chi connectivity index (χ0n) is 16.8. The molecule has 5 rings (SSSR count). The number of ether oxygens (including phenoxy) is 1. The maximum atomic E-state index is 14.4. The molecular formula is C21H23FN6O2. The van der Waals surface area contributed by atoms with E-state index in [1.54, 1.807) is 30.1 Å². The van der Waals surface area contributed by atoms with E-state index in [9.17, 15) is 9.50 Å². The number of aromatic amines is 1. The number of methoxy groups -OCH3 is 1. The molecule has 3 N–H and O–H groups in total. The van der Waals surface area contributed by atoms with Gasteiger partial charge in [-0.1, -0.05) is 0 Å². The lowest BCUT2D eigenvalue weighted by molar-refractivity contribution is 0.0195. The summed E-state index contributed by atoms with van der Waals surface area (Å²) in [5.41, 5.74) is 1.70. The molecule has 0 atom stereocenters. The Morgan fingerprint density at radius 2 is 2.13 bits per heavy atom. The molecule has 1 aliphatic carbocycles. The zero-order chi connectivity index (χ0) is 20.9. The maximum Gasteiger partial charge on any atom is 0.228 e. The van der Waals surface area contributed by atoms with Gasteiger partial charge in [0.25, 0.3) is 0 Å². The van der Waals surface area contributed by atoms with Gasteiger partial charge in [0, 0.05) is 42.0 Å². The van der Waals surface area contributed by atoms with Gasteiger partial charge in [0.15, 0.2) is 11.5 Å². The van der Waals surface area contributed by atoms with Crippen LogP contribution in [0, 0.1) is 5.82 Å². The van der Waals surface area contributed by atoms with Crippen LogP contribution in [0.4, 0.5) is 10.3 Å². The summed E-state index contributed by atoms with van der Waals surface area (Å²) in [4.78, 5) is 16.3. The van der Waals surface area contributed by atoms with E-state index in [0.717, 1.165) is 31.2 Å². The van der Waals surface area contributed by atoms with Crippen LogP contribution >= 0.6 is 0 Å². The topological polar surface area (TPSA) is 100 Å². The van der Waals surface area contributed by atoms with Crippen molar-refractivity contribution in [1.82, 2.24) is 24.3 Å². The number of H-pyrrole nitrogens is 1. The van der Waals surface area contributed by atoms with Crippen molar-refractivity contribution in [3.8, 4) is 17.0 Å². The first-order valence-electron chi connectivity index (χ1n) is 9.98. The molecule has 4 aromatic heterocycles. The number of nitrogens with zero attached hydrogens (tertiary/aromatic N) is 4. The summed E-state index contributed by atoms with van der Waals surface area (Å²) in [6.45, 7) is 1.87. The second-order valence-electron chi connectivity index (χ2n) is 8.13. The highest BCUT2D eigenvalue weighted by Gasteiger charge is 2.29. The lowest BCUT2D eigenvalue weighted by atomic mass is 9.84. The van der Waals surface area contributed by atoms with E-state index in [-0.39, 0.29) is 11.7 Å². The first-order chi connectivity index (χ1) is 14.4. The minimum absolute atomic E-state index is 0.194. The average molecular weight is 410 g/mol. The van der Waals surface area contributed by atoms with Crippen molar-refractivity contribution < 1.29 is 14.2 Å². The van der Waals surface area contributed by atoms with Crippen LogP contribution in [0.25, 0.3) is 27.8 Å². The average Bonchev–Trinajstić information content (AvgIpc) is 3.36. The number of hydrogen-bond acceptors (Lipinski definition) is 6. The second-order valence-corrected chi connectivity index (χ2v) is 8.13. The van der Waals surface area contributed by atoms with Gasteiger partial charge in [-0.05, 0) is 38.7 Å². The fourth-order valence-corrected chi connectivity index (χ4v) is 4.14. The number of pyridine rings is 1. The van der Waals surface area contributed by atoms with Gasteiger partial charge >= 0.3 is 0 Å². The molecule has 0 unspecified atom stereocenters. The number of halogens is 1. The molecule has 1 saturated carbocycles. The quantitative estimate of drug-likeness (QED) is 0.476. The first kappa shape index (κ1) is 18.8. The lowest BCUT2D eigenvalue weighted by Crippen LogP contribution is -2.36. The summed E-state index contributed by atoms with van der Waals surface area (Å²) >= 11 is 0. The van der Waals surface area contributed by atoms with Crippen molar-refractivity contribution in [3.05, 3.63) is 36.7 Å². The Kier molecular flexibility index (Phi) is 4.35. The highest BCUT2D eigenvalue weighted by Crippen LogP contribution is 2.35. The van der Waals surface area contributed by atoms with E-state index < -0.39 is 11.4 Å². The third kappa shape index (κ3) is 3.24. The van der Waals surface area contributed by atoms with E-state index in [4.69, 9.17) is 4.74 Å². The molecule has 0 aromatic carbocycles. The predicted molar refractivity (Wildman–Crippen MR) is 111 cm³/mol. The number of imidazole rings is 1. The molecule has 1 aliphatic rings. The van der Waals surface area contributed by atoms with Gasteiger partial charge in [-0.3, -0.25) is 0 Å². The van der Waals surface area contributed by atoms with Gasteiger partial charge in [0.2, 0.25) is 11.8 Å². The number of aromatic nitrogens is 5. The van der Waals surface area contributed by atoms with Gasteiger partial charge in [0.05, 0.1) is 18.1 Å². The van der Waals surface area contributed by atoms with E-state index in [1.165, 1.54) is 6.07 Å². The van der Waals surface area contributed by atoms with Gasteiger partial charge in [0.1, 0.15) is 5.65 Å². The van der Waals surface area contributed by atoms with Crippen molar-refractivity contribution in [1.29, 1.82) is 0 Å². The molecule has 1 fully saturated rings. The van der Waals surface area contributed by atoms with E-state index in [0.29, 0.717) is 28.4 Å². The Labute approximate surface area is 172 Å². The molecule has 9 heteroatoms. The van der Waals surface area contributed by atoms with E-state index in [1.807, 2.05) is 13.1 Å². The Hall–Kier alpha value is -3.20. The highest BCUT2D eigenvalue weighted by molar-refractivity contribution is 5.97. The molecule has 30 heavy (non-hydrogen) atoms. The molecule has 156 valence electrons. The summed E-state index contributed by atoms with van der Waals surface area (Å²) in [6, 6.07) is 1.64. The van der Waals surface area contributed by atoms with Crippen LogP contribution in [0.3, 0.4) is 0 Å². The normalized spacial score (nSPS) is 21.9. The Balaban J connectivity index is 1.51. The smallest absolute Gasteiger partial charge is 0.228 e. The number of rotatable bonds is 4. The fourth-order valence-electron chi connectivity index (χ4n) is 4.14. The van der Waals surface area contributed by atoms with Crippen LogP contribution in [-0.4, -0.2) is 48.2 Å². The van der Waals surface area contributed by atoms with Crippen LogP contribution in [-0.2, 0) is 0 Å². The van der Waals surface area contributed by atoms with Crippen molar-refractivity contribution >= 4 is 22.6 Å². The van der Waals surface area contributed by atoms with Crippen molar-refractivity contribution in [2.45, 2.75) is 44.2 Å². The van der Waals surface area contributed by atoms with Crippen molar-refractivity contribution in [2.24, 2.45) is 0 Å². The number of aliphatic hydroxyl groups is 1. The van der Waals surface area contributed by atoms with Gasteiger partial charge < -0.3 is 24.5 Å². The van der Waals surface area contributed by atoms with Crippen molar-refractivity contribution in [2.75, 3.05) is 12.4 Å². The molecule has 0 radical (unpaired) electrons. The van der Waals surface area contributed by atoms with E-state index in [2.05, 4.69) is 25.3 Å². The molecule has 0 spiro atoms. The van der Waals surface area contributed by atoms with Crippen LogP contribution in [0.5, 0.6) is 5.88 Å². The minimum atomic E-state index is -0.597. The standard InChI is InChI=1S/C21H23FN6O2/c1-21(29)5-3-13(4-6-21)25-20-26-17-16(19(27-20)30-2)14(10-24-17)12-9-15(22)18-23-7-8-28(18)11-12/h7-11,13,29H,3-6H2,1-2H3,(H2,24,25,26,27)/t13-,21+. The Morgan fingerprint density at radius 1 is 1.33 bits per heavy atom. The molecule has 0 saturated heterocycles. The third-order valence-corrected chi connectivity index (χ3v) is 5.84. The van der Waals surface area contributed by atoms with Crippen LogP contribution in [0.2, 0.25) is 0 Å². The van der Waals surface area contributed by atoms with Gasteiger partial charge in [-0.25, -0.2) is 9.37 Å². The number of fused-ring (bicyclic) bond motifs is 2. The Bertz CT molecular complexity index is 1220. The summed E-state index contributed by atoms with van der Waals surface area (Å²) in [5, 5.41) is 14.2. The van der Waals surface area contributed by atoms with Crippen molar-refractivity contribution in [3.63, 3.8) is 0 Å². The van der Waals surface area contributed by atoms with Crippen LogP contribution < -0.4 is 10.1 Å². The molecule has 4 heterocycles. The van der Waals surface area contributed by atoms with Crippen LogP contribution in [0.15, 0.2) is 30.9 Å². The summed E-state index contributed by atoms with van der Waals surface area (Å²) in [6.07, 6.45) is 10.0. The molecule has 0 amide bonds. The summed E-state index contributed by atoms with van der Waals surface area (Å²) < 4.78 is 21.6. The SMILES string of the molecule is COc1nc(N[C@H]2CC[C@@](C)(O)CC2)nc2[nH]cc(-c3cc(F)c4nccn4c3)c12. The predicted octanol–water partition coefficient (Wildman–Crippen LogP) is 3.53. The molecule has 0 bridgehead atoms. The molecule has 8 nitrogen and oxygen atoms in total. The maximum absolute atomic E-state index is 14.4. The zero-order valence-corrected chi connectivity index (χ0v) is 16.8. The highest BCUT2D eigenvalue weighted by atomic mass is 19.1. The molecular weight excluding hydrogens is 387 g/mol. The lowest BCUT2D eigenvalue weighted by Gasteiger charge is -2.33. The molecule has 4 aromatic rings. The van der Waals surface area contributed by atoms with Crippen LogP contribution in [0.1, 0.15) is 32.6 Å². The fraction of sp³-hybridized carbons (Fsp3) is 0.381. The summed E-state index contributed by atoms with van der Waals surface area (Å²) in [7, 11) is 1.56. The minimum Gasteiger partial charge on any atom is -0.480 e. The first-order valence-corrected chi connectivity index (χ1v) is 9.98. The largest absolute Gasteiger partial charge is 0.480 e. The van der Waals surface area contributed by atoms with Gasteiger partial charge in [-0.15, -0.1) is 0 Å². The molecule has 0 aliphatic heterocycles. The monoisotopic (exact) mass is 410 g/mol. The Morgan fingerprint density at radius 3 is 2.90 bits per heavy atom. The number of nitrogens with one attached hydrogen (secondary N) is 2. The third-order valence-electron chi connectivity index (χ3n) is 5.84. The number of hydrogen-bond donors (Lipinski definition) is 3. The number of anilines is 1. The van der Waals surface area contributed by atoms with E-state index >= 15 is 0 Å².